The van der Waals surface area contributed by atoms with Gasteiger partial charge in [-0.25, -0.2) is 0 Å². The number of carbonyl (C=O) groups is 1. The van der Waals surface area contributed by atoms with Crippen LogP contribution in [-0.4, -0.2) is 30.9 Å². The summed E-state index contributed by atoms with van der Waals surface area (Å²) in [5.74, 6) is 0.923. The summed E-state index contributed by atoms with van der Waals surface area (Å²) in [5, 5.41) is 2.97. The van der Waals surface area contributed by atoms with Gasteiger partial charge < -0.3 is 14.8 Å². The highest BCUT2D eigenvalue weighted by atomic mass is 16.7. The van der Waals surface area contributed by atoms with Gasteiger partial charge in [0.2, 0.25) is 5.91 Å². The normalized spacial score (nSPS) is 40.1. The fourth-order valence-electron chi connectivity index (χ4n) is 2.89. The molecule has 1 aliphatic heterocycles. The maximum atomic E-state index is 11.6. The molecule has 1 saturated heterocycles. The minimum atomic E-state index is -0.332. The van der Waals surface area contributed by atoms with Crippen molar-refractivity contribution in [2.45, 2.75) is 57.3 Å². The Hall–Kier alpha value is -0.610. The van der Waals surface area contributed by atoms with E-state index in [0.717, 1.165) is 31.6 Å². The van der Waals surface area contributed by atoms with E-state index in [1.54, 1.807) is 0 Å². The lowest BCUT2D eigenvalue weighted by atomic mass is 9.86. The van der Waals surface area contributed by atoms with E-state index in [-0.39, 0.29) is 23.7 Å². The molecule has 2 saturated carbocycles. The molecule has 102 valence electrons. The van der Waals surface area contributed by atoms with Gasteiger partial charge in [0, 0.05) is 25.3 Å². The lowest BCUT2D eigenvalue weighted by Crippen LogP contribution is -2.38. The molecule has 4 nitrogen and oxygen atoms in total. The summed E-state index contributed by atoms with van der Waals surface area (Å²) in [7, 11) is 0. The van der Waals surface area contributed by atoms with E-state index >= 15 is 0 Å². The molecule has 3 fully saturated rings. The number of rotatable bonds is 3. The Bertz CT molecular complexity index is 319. The first-order valence-corrected chi connectivity index (χ1v) is 7.26. The number of hydrogen-bond donors (Lipinski definition) is 1. The standard InChI is InChI=1S/C14H23NO3/c1-10-4-6-14(7-5-10)17-9-12(18-14)8-15-13(16)11-2-3-11/h10-12H,2-9H2,1H3,(H,15,16). The Balaban J connectivity index is 1.44. The van der Waals surface area contributed by atoms with Gasteiger partial charge in [-0.05, 0) is 31.6 Å². The van der Waals surface area contributed by atoms with Gasteiger partial charge in [0.05, 0.1) is 6.61 Å². The molecule has 1 atom stereocenters. The van der Waals surface area contributed by atoms with Gasteiger partial charge in [-0.3, -0.25) is 4.79 Å². The summed E-state index contributed by atoms with van der Waals surface area (Å²) < 4.78 is 11.9. The number of ether oxygens (including phenoxy) is 2. The predicted molar refractivity (Wildman–Crippen MR) is 66.9 cm³/mol. The first kappa shape index (κ1) is 12.4. The molecule has 0 bridgehead atoms. The Labute approximate surface area is 108 Å². The van der Waals surface area contributed by atoms with Crippen molar-refractivity contribution in [3.63, 3.8) is 0 Å². The average molecular weight is 253 g/mol. The van der Waals surface area contributed by atoms with Crippen molar-refractivity contribution in [2.24, 2.45) is 11.8 Å². The Morgan fingerprint density at radius 3 is 2.67 bits per heavy atom. The van der Waals surface area contributed by atoms with Gasteiger partial charge in [-0.15, -0.1) is 0 Å². The number of carbonyl (C=O) groups excluding carboxylic acids is 1. The quantitative estimate of drug-likeness (QED) is 0.834. The van der Waals surface area contributed by atoms with Crippen LogP contribution in [0.15, 0.2) is 0 Å². The van der Waals surface area contributed by atoms with Crippen molar-refractivity contribution in [1.82, 2.24) is 5.32 Å². The highest BCUT2D eigenvalue weighted by Crippen LogP contribution is 2.39. The van der Waals surface area contributed by atoms with E-state index in [0.29, 0.717) is 13.2 Å². The van der Waals surface area contributed by atoms with Crippen LogP contribution in [0.25, 0.3) is 0 Å². The van der Waals surface area contributed by atoms with Gasteiger partial charge in [0.1, 0.15) is 6.10 Å². The minimum Gasteiger partial charge on any atom is -0.353 e. The third-order valence-corrected chi connectivity index (χ3v) is 4.40. The van der Waals surface area contributed by atoms with E-state index in [1.807, 2.05) is 0 Å². The van der Waals surface area contributed by atoms with E-state index in [2.05, 4.69) is 12.2 Å². The zero-order valence-corrected chi connectivity index (χ0v) is 11.1. The Morgan fingerprint density at radius 1 is 1.28 bits per heavy atom. The molecule has 0 radical (unpaired) electrons. The molecule has 0 aromatic carbocycles. The molecule has 3 aliphatic rings. The molecule has 1 N–H and O–H groups in total. The first-order chi connectivity index (χ1) is 8.67. The summed E-state index contributed by atoms with van der Waals surface area (Å²) in [4.78, 5) is 11.6. The molecular weight excluding hydrogens is 230 g/mol. The minimum absolute atomic E-state index is 0.0427. The predicted octanol–water partition coefficient (Wildman–Crippen LogP) is 1.83. The van der Waals surface area contributed by atoms with E-state index in [1.165, 1.54) is 12.8 Å². The molecule has 4 heteroatoms. The number of nitrogens with one attached hydrogen (secondary N) is 1. The van der Waals surface area contributed by atoms with Crippen LogP contribution in [0.4, 0.5) is 0 Å². The van der Waals surface area contributed by atoms with Crippen LogP contribution in [-0.2, 0) is 14.3 Å². The van der Waals surface area contributed by atoms with Crippen LogP contribution in [0.1, 0.15) is 45.4 Å². The molecular formula is C14H23NO3. The van der Waals surface area contributed by atoms with E-state index in [9.17, 15) is 4.79 Å². The highest BCUT2D eigenvalue weighted by Gasteiger charge is 2.43. The van der Waals surface area contributed by atoms with Crippen LogP contribution < -0.4 is 5.32 Å². The van der Waals surface area contributed by atoms with Crippen molar-refractivity contribution in [2.75, 3.05) is 13.2 Å². The monoisotopic (exact) mass is 253 g/mol. The third kappa shape index (κ3) is 2.69. The maximum absolute atomic E-state index is 11.6. The molecule has 1 amide bonds. The van der Waals surface area contributed by atoms with Gasteiger partial charge in [0.25, 0.3) is 0 Å². The highest BCUT2D eigenvalue weighted by molar-refractivity contribution is 5.80. The maximum Gasteiger partial charge on any atom is 0.223 e. The van der Waals surface area contributed by atoms with E-state index in [4.69, 9.17) is 9.47 Å². The molecule has 3 rings (SSSR count). The smallest absolute Gasteiger partial charge is 0.223 e. The molecule has 0 aromatic heterocycles. The first-order valence-electron chi connectivity index (χ1n) is 7.26. The van der Waals surface area contributed by atoms with Crippen LogP contribution >= 0.6 is 0 Å². The Morgan fingerprint density at radius 2 is 2.00 bits per heavy atom. The van der Waals surface area contributed by atoms with E-state index < -0.39 is 0 Å². The summed E-state index contributed by atoms with van der Waals surface area (Å²) in [5.41, 5.74) is 0. The molecule has 18 heavy (non-hydrogen) atoms. The molecule has 1 heterocycles. The van der Waals surface area contributed by atoms with Crippen molar-refractivity contribution >= 4 is 5.91 Å². The van der Waals surface area contributed by atoms with Gasteiger partial charge >= 0.3 is 0 Å². The second-order valence-corrected chi connectivity index (χ2v) is 6.16. The van der Waals surface area contributed by atoms with Crippen LogP contribution in [0.2, 0.25) is 0 Å². The van der Waals surface area contributed by atoms with Gasteiger partial charge in [-0.2, -0.15) is 0 Å². The summed E-state index contributed by atoms with van der Waals surface area (Å²) >= 11 is 0. The fraction of sp³-hybridized carbons (Fsp3) is 0.929. The van der Waals surface area contributed by atoms with Crippen LogP contribution in [0, 0.1) is 11.8 Å². The lowest BCUT2D eigenvalue weighted by molar-refractivity contribution is -0.191. The topological polar surface area (TPSA) is 47.6 Å². The van der Waals surface area contributed by atoms with Gasteiger partial charge in [0.15, 0.2) is 5.79 Å². The van der Waals surface area contributed by atoms with Crippen molar-refractivity contribution in [3.05, 3.63) is 0 Å². The van der Waals surface area contributed by atoms with Crippen molar-refractivity contribution in [1.29, 1.82) is 0 Å². The van der Waals surface area contributed by atoms with Crippen LogP contribution in [0.5, 0.6) is 0 Å². The SMILES string of the molecule is CC1CCC2(CC1)OCC(CNC(=O)C1CC1)O2. The molecule has 0 aromatic rings. The molecule has 2 aliphatic carbocycles. The summed E-state index contributed by atoms with van der Waals surface area (Å²) in [6.07, 6.45) is 6.51. The fourth-order valence-corrected chi connectivity index (χ4v) is 2.89. The second-order valence-electron chi connectivity index (χ2n) is 6.16. The lowest BCUT2D eigenvalue weighted by Gasteiger charge is -2.34. The summed E-state index contributed by atoms with van der Waals surface area (Å²) in [6.45, 7) is 3.51. The van der Waals surface area contributed by atoms with Crippen molar-refractivity contribution in [3.8, 4) is 0 Å². The van der Waals surface area contributed by atoms with Gasteiger partial charge in [-0.1, -0.05) is 6.92 Å². The number of hydrogen-bond acceptors (Lipinski definition) is 3. The average Bonchev–Trinajstić information content (AvgIpc) is 3.15. The largest absolute Gasteiger partial charge is 0.353 e. The van der Waals surface area contributed by atoms with Crippen molar-refractivity contribution < 1.29 is 14.3 Å². The zero-order valence-electron chi connectivity index (χ0n) is 11.1. The summed E-state index contributed by atoms with van der Waals surface area (Å²) in [6, 6.07) is 0. The zero-order chi connectivity index (χ0) is 12.6. The van der Waals surface area contributed by atoms with Crippen LogP contribution in [0.3, 0.4) is 0 Å². The second kappa shape index (κ2) is 4.82. The Kier molecular flexibility index (Phi) is 3.32. The molecule has 1 unspecified atom stereocenters. The third-order valence-electron chi connectivity index (χ3n) is 4.40. The number of amides is 1. The molecule has 1 spiro atoms.